The van der Waals surface area contributed by atoms with Crippen LogP contribution in [0.2, 0.25) is 19.6 Å². The van der Waals surface area contributed by atoms with Crippen molar-refractivity contribution < 1.29 is 5.11 Å². The van der Waals surface area contributed by atoms with Crippen molar-refractivity contribution in [3.63, 3.8) is 0 Å². The van der Waals surface area contributed by atoms with Gasteiger partial charge in [-0.3, -0.25) is 0 Å². The monoisotopic (exact) mass is 294 g/mol. The molecule has 0 radical (unpaired) electrons. The van der Waals surface area contributed by atoms with Gasteiger partial charge >= 0.3 is 0 Å². The van der Waals surface area contributed by atoms with E-state index >= 15 is 0 Å². The summed E-state index contributed by atoms with van der Waals surface area (Å²) >= 11 is 1.78. The summed E-state index contributed by atoms with van der Waals surface area (Å²) in [7, 11) is -1.63. The summed E-state index contributed by atoms with van der Waals surface area (Å²) < 4.78 is -0.232. The van der Waals surface area contributed by atoms with E-state index in [2.05, 4.69) is 45.3 Å². The van der Waals surface area contributed by atoms with Gasteiger partial charge in [-0.1, -0.05) is 57.3 Å². The van der Waals surface area contributed by atoms with Crippen molar-refractivity contribution in [1.82, 2.24) is 0 Å². The molecule has 0 saturated carbocycles. The van der Waals surface area contributed by atoms with E-state index in [1.165, 1.54) is 4.90 Å². The van der Waals surface area contributed by atoms with Crippen LogP contribution in [-0.2, 0) is 0 Å². The van der Waals surface area contributed by atoms with E-state index in [1.54, 1.807) is 11.8 Å². The Morgan fingerprint density at radius 1 is 1.32 bits per heavy atom. The van der Waals surface area contributed by atoms with Gasteiger partial charge < -0.3 is 5.11 Å². The van der Waals surface area contributed by atoms with E-state index in [0.717, 1.165) is 12.8 Å². The predicted octanol–water partition coefficient (Wildman–Crippen LogP) is 4.74. The van der Waals surface area contributed by atoms with Gasteiger partial charge in [-0.2, -0.15) is 0 Å². The normalized spacial score (nSPS) is 16.7. The third-order valence-corrected chi connectivity index (χ3v) is 9.87. The van der Waals surface area contributed by atoms with E-state index in [0.29, 0.717) is 0 Å². The first kappa shape index (κ1) is 16.5. The largest absolute Gasteiger partial charge is 0.392 e. The Hall–Kier alpha value is -0.513. The van der Waals surface area contributed by atoms with Crippen molar-refractivity contribution in [3.05, 3.63) is 43.0 Å². The van der Waals surface area contributed by atoms with Crippen LogP contribution in [0.3, 0.4) is 0 Å². The predicted molar refractivity (Wildman–Crippen MR) is 89.5 cm³/mol. The average molecular weight is 295 g/mol. The molecule has 0 amide bonds. The second-order valence-electron chi connectivity index (χ2n) is 5.97. The van der Waals surface area contributed by atoms with Crippen molar-refractivity contribution in [2.45, 2.75) is 54.8 Å². The van der Waals surface area contributed by atoms with Gasteiger partial charge in [-0.25, -0.2) is 0 Å². The topological polar surface area (TPSA) is 20.2 Å². The molecule has 19 heavy (non-hydrogen) atoms. The van der Waals surface area contributed by atoms with Gasteiger partial charge in [0.05, 0.1) is 18.5 Å². The summed E-state index contributed by atoms with van der Waals surface area (Å²) in [5.41, 5.74) is 0. The summed E-state index contributed by atoms with van der Waals surface area (Å²) in [6.07, 6.45) is 3.50. The molecule has 2 unspecified atom stereocenters. The Balaban J connectivity index is 3.14. The Kier molecular flexibility index (Phi) is 5.90. The van der Waals surface area contributed by atoms with Gasteiger partial charge in [-0.15, -0.1) is 18.3 Å². The summed E-state index contributed by atoms with van der Waals surface area (Å²) in [5.74, 6) is 0. The van der Waals surface area contributed by atoms with E-state index in [4.69, 9.17) is 0 Å². The summed E-state index contributed by atoms with van der Waals surface area (Å²) in [6.45, 7) is 13.1. The van der Waals surface area contributed by atoms with Gasteiger partial charge in [0.2, 0.25) is 0 Å². The zero-order valence-electron chi connectivity index (χ0n) is 12.5. The maximum atomic E-state index is 10.7. The fourth-order valence-corrected chi connectivity index (χ4v) is 6.73. The molecule has 1 nitrogen and oxygen atoms in total. The van der Waals surface area contributed by atoms with Gasteiger partial charge in [0, 0.05) is 4.90 Å². The first-order valence-corrected chi connectivity index (χ1v) is 11.2. The molecule has 0 aliphatic rings. The number of thioether (sulfide) groups is 1. The molecular formula is C16H26OSSi. The second-order valence-corrected chi connectivity index (χ2v) is 13.0. The molecule has 0 fully saturated rings. The van der Waals surface area contributed by atoms with Crippen LogP contribution in [0, 0.1) is 0 Å². The third-order valence-electron chi connectivity index (χ3n) is 3.56. The molecule has 1 rings (SSSR count). The van der Waals surface area contributed by atoms with Crippen molar-refractivity contribution in [2.24, 2.45) is 0 Å². The van der Waals surface area contributed by atoms with Gasteiger partial charge in [0.15, 0.2) is 0 Å². The molecule has 0 aromatic heterocycles. The fraction of sp³-hybridized carbons (Fsp3) is 0.500. The van der Waals surface area contributed by atoms with Gasteiger partial charge in [0.1, 0.15) is 0 Å². The number of rotatable bonds is 7. The maximum absolute atomic E-state index is 10.7. The molecule has 1 aromatic carbocycles. The molecule has 0 heterocycles. The Morgan fingerprint density at radius 3 is 2.32 bits per heavy atom. The lowest BCUT2D eigenvalue weighted by molar-refractivity contribution is 0.157. The lowest BCUT2D eigenvalue weighted by atomic mass is 10.1. The highest BCUT2D eigenvalue weighted by atomic mass is 32.2. The molecule has 0 saturated heterocycles. The van der Waals surface area contributed by atoms with E-state index < -0.39 is 8.07 Å². The van der Waals surface area contributed by atoms with Gasteiger partial charge in [0.25, 0.3) is 0 Å². The zero-order chi connectivity index (χ0) is 14.5. The molecule has 0 aliphatic heterocycles. The van der Waals surface area contributed by atoms with Crippen LogP contribution >= 0.6 is 11.8 Å². The Bertz CT molecular complexity index is 399. The number of hydrogen-bond acceptors (Lipinski definition) is 2. The lowest BCUT2D eigenvalue weighted by Gasteiger charge is -2.44. The minimum atomic E-state index is -1.63. The zero-order valence-corrected chi connectivity index (χ0v) is 14.3. The Labute approximate surface area is 123 Å². The quantitative estimate of drug-likeness (QED) is 0.445. The molecular weight excluding hydrogens is 268 g/mol. The average Bonchev–Trinajstić information content (AvgIpc) is 2.36. The van der Waals surface area contributed by atoms with Crippen LogP contribution in [0.25, 0.3) is 0 Å². The summed E-state index contributed by atoms with van der Waals surface area (Å²) in [6, 6.07) is 10.3. The highest BCUT2D eigenvalue weighted by Gasteiger charge is 2.47. The molecule has 2 atom stereocenters. The van der Waals surface area contributed by atoms with Crippen LogP contribution < -0.4 is 0 Å². The molecule has 106 valence electrons. The highest BCUT2D eigenvalue weighted by molar-refractivity contribution is 8.02. The first-order chi connectivity index (χ1) is 8.87. The van der Waals surface area contributed by atoms with Crippen LogP contribution in [-0.4, -0.2) is 23.7 Å². The standard InChI is InChI=1S/C16H26OSSi/c1-6-11-15(17)16(7-2,19(3,4)5)18-14-12-9-8-10-13-14/h7-10,12-13,15,17H,2,6,11H2,1,3-5H3. The third kappa shape index (κ3) is 3.74. The van der Waals surface area contributed by atoms with Gasteiger partial charge in [-0.05, 0) is 18.6 Å². The maximum Gasteiger partial charge on any atom is 0.0712 e. The smallest absolute Gasteiger partial charge is 0.0712 e. The number of aliphatic hydroxyl groups excluding tert-OH is 1. The molecule has 0 aliphatic carbocycles. The minimum absolute atomic E-state index is 0.232. The highest BCUT2D eigenvalue weighted by Crippen LogP contribution is 2.44. The second kappa shape index (κ2) is 6.78. The van der Waals surface area contributed by atoms with Crippen LogP contribution in [0.15, 0.2) is 47.9 Å². The lowest BCUT2D eigenvalue weighted by Crippen LogP contribution is -2.56. The van der Waals surface area contributed by atoms with E-state index in [9.17, 15) is 5.11 Å². The minimum Gasteiger partial charge on any atom is -0.392 e. The summed E-state index contributed by atoms with van der Waals surface area (Å²) in [4.78, 5) is 1.21. The first-order valence-electron chi connectivity index (χ1n) is 6.93. The van der Waals surface area contributed by atoms with Crippen LogP contribution in [0.4, 0.5) is 0 Å². The van der Waals surface area contributed by atoms with Crippen molar-refractivity contribution in [1.29, 1.82) is 0 Å². The van der Waals surface area contributed by atoms with E-state index in [-0.39, 0.29) is 10.5 Å². The van der Waals surface area contributed by atoms with E-state index in [1.807, 2.05) is 24.3 Å². The fourth-order valence-electron chi connectivity index (χ4n) is 2.38. The molecule has 3 heteroatoms. The van der Waals surface area contributed by atoms with Crippen molar-refractivity contribution >= 4 is 19.8 Å². The van der Waals surface area contributed by atoms with Crippen LogP contribution in [0.1, 0.15) is 19.8 Å². The number of aliphatic hydroxyl groups is 1. The SMILES string of the molecule is C=CC(Sc1ccccc1)(C(O)CCC)[Si](C)(C)C. The van der Waals surface area contributed by atoms with Crippen LogP contribution in [0.5, 0.6) is 0 Å². The van der Waals surface area contributed by atoms with Crippen molar-refractivity contribution in [3.8, 4) is 0 Å². The molecule has 0 bridgehead atoms. The molecule has 0 spiro atoms. The molecule has 1 N–H and O–H groups in total. The summed E-state index contributed by atoms with van der Waals surface area (Å²) in [5, 5.41) is 10.7. The molecule has 1 aromatic rings. The Morgan fingerprint density at radius 2 is 1.89 bits per heavy atom. The number of hydrogen-bond donors (Lipinski definition) is 1. The number of benzene rings is 1. The van der Waals surface area contributed by atoms with Crippen molar-refractivity contribution in [2.75, 3.05) is 0 Å².